The molecule has 1 fully saturated rings. The van der Waals surface area contributed by atoms with Crippen LogP contribution in [0.4, 0.5) is 0 Å². The molecule has 1 aromatic heterocycles. The Kier molecular flexibility index (Phi) is 5.85. The first-order chi connectivity index (χ1) is 13.1. The normalized spacial score (nSPS) is 16.9. The van der Waals surface area contributed by atoms with Crippen molar-refractivity contribution in [3.8, 4) is 17.2 Å². The number of aryl methyl sites for hydroxylation is 1. The van der Waals surface area contributed by atoms with Crippen LogP contribution >= 0.6 is 0 Å². The van der Waals surface area contributed by atoms with E-state index in [1.165, 1.54) is 0 Å². The van der Waals surface area contributed by atoms with E-state index in [0.29, 0.717) is 30.3 Å². The van der Waals surface area contributed by atoms with Crippen LogP contribution < -0.4 is 19.5 Å². The molecule has 1 aliphatic heterocycles. The Hall–Kier alpha value is -2.74. The molecule has 1 atom stereocenters. The summed E-state index contributed by atoms with van der Waals surface area (Å²) in [6, 6.07) is 3.54. The third kappa shape index (κ3) is 3.85. The lowest BCUT2D eigenvalue weighted by Crippen LogP contribution is -2.49. The number of nitrogens with zero attached hydrogens (tertiary/aromatic N) is 3. The molecule has 1 aliphatic rings. The number of piperazine rings is 1. The molecule has 27 heavy (non-hydrogen) atoms. The molecule has 8 nitrogen and oxygen atoms in total. The molecule has 1 amide bonds. The molecule has 2 heterocycles. The molecule has 1 N–H and O–H groups in total. The molecule has 8 heteroatoms. The molecular formula is C19H26N4O4. The van der Waals surface area contributed by atoms with Gasteiger partial charge in [0.25, 0.3) is 0 Å². The van der Waals surface area contributed by atoms with Crippen molar-refractivity contribution < 1.29 is 19.0 Å². The highest BCUT2D eigenvalue weighted by molar-refractivity contribution is 5.80. The highest BCUT2D eigenvalue weighted by atomic mass is 16.5. The lowest BCUT2D eigenvalue weighted by Gasteiger charge is -2.36. The largest absolute Gasteiger partial charge is 0.493 e. The zero-order valence-corrected chi connectivity index (χ0v) is 16.2. The zero-order valence-electron chi connectivity index (χ0n) is 16.2. The predicted molar refractivity (Wildman–Crippen MR) is 100 cm³/mol. The predicted octanol–water partition coefficient (Wildman–Crippen LogP) is 1.16. The summed E-state index contributed by atoms with van der Waals surface area (Å²) in [6.45, 7) is 2.09. The molecule has 1 saturated heterocycles. The number of hydrogen-bond acceptors (Lipinski definition) is 6. The summed E-state index contributed by atoms with van der Waals surface area (Å²) in [4.78, 5) is 19.4. The maximum Gasteiger partial charge on any atom is 0.227 e. The number of imidazole rings is 1. The number of methoxy groups -OCH3 is 3. The minimum atomic E-state index is -0.0895. The molecule has 3 rings (SSSR count). The summed E-state index contributed by atoms with van der Waals surface area (Å²) >= 11 is 0. The summed E-state index contributed by atoms with van der Waals surface area (Å²) in [6.07, 6.45) is 3.90. The molecule has 0 aliphatic carbocycles. The van der Waals surface area contributed by atoms with Crippen LogP contribution in [0.1, 0.15) is 17.4 Å². The number of nitrogens with one attached hydrogen (secondary N) is 1. The summed E-state index contributed by atoms with van der Waals surface area (Å²) in [5, 5.41) is 3.35. The first-order valence-electron chi connectivity index (χ1n) is 8.85. The molecule has 0 spiro atoms. The van der Waals surface area contributed by atoms with Gasteiger partial charge in [0.1, 0.15) is 11.9 Å². The van der Waals surface area contributed by atoms with Gasteiger partial charge in [0.05, 0.1) is 27.8 Å². The van der Waals surface area contributed by atoms with Crippen molar-refractivity contribution in [2.75, 3.05) is 41.0 Å². The second-order valence-electron chi connectivity index (χ2n) is 6.41. The van der Waals surface area contributed by atoms with Crippen molar-refractivity contribution in [3.63, 3.8) is 0 Å². The van der Waals surface area contributed by atoms with E-state index in [2.05, 4.69) is 10.3 Å². The standard InChI is InChI=1S/C19H26N4O4/c1-22-7-6-21-19(22)14-12-20-5-8-23(14)17(24)11-13-9-15(25-2)18(27-4)16(10-13)26-3/h6-7,9-10,14,20H,5,8,11-12H2,1-4H3. The summed E-state index contributed by atoms with van der Waals surface area (Å²) in [5.41, 5.74) is 0.812. The number of ether oxygens (including phenoxy) is 3. The van der Waals surface area contributed by atoms with Gasteiger partial charge in [-0.15, -0.1) is 0 Å². The van der Waals surface area contributed by atoms with Gasteiger partial charge in [-0.05, 0) is 17.7 Å². The smallest absolute Gasteiger partial charge is 0.227 e. The molecule has 146 valence electrons. The zero-order chi connectivity index (χ0) is 19.4. The van der Waals surface area contributed by atoms with E-state index in [9.17, 15) is 4.79 Å². The quantitative estimate of drug-likeness (QED) is 0.818. The first-order valence-corrected chi connectivity index (χ1v) is 8.85. The second kappa shape index (κ2) is 8.30. The van der Waals surface area contributed by atoms with Crippen molar-refractivity contribution in [1.82, 2.24) is 19.8 Å². The summed E-state index contributed by atoms with van der Waals surface area (Å²) in [7, 11) is 6.63. The monoisotopic (exact) mass is 374 g/mol. The van der Waals surface area contributed by atoms with Gasteiger partial charge < -0.3 is 29.0 Å². The van der Waals surface area contributed by atoms with Crippen LogP contribution in [0.25, 0.3) is 0 Å². The average molecular weight is 374 g/mol. The minimum absolute atomic E-state index is 0.0405. The van der Waals surface area contributed by atoms with Crippen LogP contribution in [0, 0.1) is 0 Å². The van der Waals surface area contributed by atoms with E-state index in [4.69, 9.17) is 14.2 Å². The number of carbonyl (C=O) groups is 1. The molecule has 0 saturated carbocycles. The van der Waals surface area contributed by atoms with Crippen LogP contribution in [-0.2, 0) is 18.3 Å². The number of amides is 1. The van der Waals surface area contributed by atoms with Gasteiger partial charge in [-0.1, -0.05) is 0 Å². The number of aromatic nitrogens is 2. The lowest BCUT2D eigenvalue weighted by atomic mass is 10.1. The topological polar surface area (TPSA) is 77.9 Å². The van der Waals surface area contributed by atoms with Crippen molar-refractivity contribution >= 4 is 5.91 Å². The van der Waals surface area contributed by atoms with Crippen molar-refractivity contribution in [2.45, 2.75) is 12.5 Å². The Bertz CT molecular complexity index is 780. The van der Waals surface area contributed by atoms with Crippen LogP contribution in [-0.4, -0.2) is 61.3 Å². The van der Waals surface area contributed by atoms with E-state index in [1.54, 1.807) is 27.5 Å². The van der Waals surface area contributed by atoms with Gasteiger partial charge >= 0.3 is 0 Å². The molecule has 0 bridgehead atoms. The van der Waals surface area contributed by atoms with E-state index in [-0.39, 0.29) is 18.4 Å². The third-order valence-corrected chi connectivity index (χ3v) is 4.80. The highest BCUT2D eigenvalue weighted by Gasteiger charge is 2.30. The van der Waals surface area contributed by atoms with Crippen molar-refractivity contribution in [3.05, 3.63) is 35.9 Å². The van der Waals surface area contributed by atoms with Gasteiger partial charge in [0.15, 0.2) is 11.5 Å². The molecular weight excluding hydrogens is 348 g/mol. The van der Waals surface area contributed by atoms with Crippen LogP contribution in [0.2, 0.25) is 0 Å². The van der Waals surface area contributed by atoms with Gasteiger partial charge in [-0.25, -0.2) is 4.98 Å². The number of benzene rings is 1. The van der Waals surface area contributed by atoms with Gasteiger partial charge in [0.2, 0.25) is 11.7 Å². The SMILES string of the molecule is COc1cc(CC(=O)N2CCNCC2c2nccn2C)cc(OC)c1OC. The number of hydrogen-bond donors (Lipinski definition) is 1. The van der Waals surface area contributed by atoms with E-state index in [0.717, 1.165) is 17.9 Å². The van der Waals surface area contributed by atoms with Crippen molar-refractivity contribution in [2.24, 2.45) is 7.05 Å². The Morgan fingerprint density at radius 1 is 1.22 bits per heavy atom. The van der Waals surface area contributed by atoms with Gasteiger partial charge in [0, 0.05) is 39.1 Å². The number of rotatable bonds is 6. The lowest BCUT2D eigenvalue weighted by molar-refractivity contribution is -0.134. The maximum atomic E-state index is 13.1. The number of carbonyl (C=O) groups excluding carboxylic acids is 1. The molecule has 2 aromatic rings. The third-order valence-electron chi connectivity index (χ3n) is 4.80. The van der Waals surface area contributed by atoms with Crippen LogP contribution in [0.5, 0.6) is 17.2 Å². The Morgan fingerprint density at radius 2 is 1.93 bits per heavy atom. The molecule has 0 radical (unpaired) electrons. The fourth-order valence-electron chi connectivity index (χ4n) is 3.45. The van der Waals surface area contributed by atoms with Crippen LogP contribution in [0.15, 0.2) is 24.5 Å². The molecule has 1 unspecified atom stereocenters. The Morgan fingerprint density at radius 3 is 2.48 bits per heavy atom. The Balaban J connectivity index is 1.84. The second-order valence-corrected chi connectivity index (χ2v) is 6.41. The van der Waals surface area contributed by atoms with E-state index < -0.39 is 0 Å². The van der Waals surface area contributed by atoms with E-state index >= 15 is 0 Å². The highest BCUT2D eigenvalue weighted by Crippen LogP contribution is 2.38. The maximum absolute atomic E-state index is 13.1. The van der Waals surface area contributed by atoms with Gasteiger partial charge in [-0.2, -0.15) is 0 Å². The average Bonchev–Trinajstić information content (AvgIpc) is 3.12. The fourth-order valence-corrected chi connectivity index (χ4v) is 3.45. The fraction of sp³-hybridized carbons (Fsp3) is 0.474. The summed E-state index contributed by atoms with van der Waals surface area (Å²) in [5.74, 6) is 2.52. The first kappa shape index (κ1) is 19.0. The van der Waals surface area contributed by atoms with Crippen molar-refractivity contribution in [1.29, 1.82) is 0 Å². The van der Waals surface area contributed by atoms with E-state index in [1.807, 2.05) is 34.8 Å². The van der Waals surface area contributed by atoms with Gasteiger partial charge in [-0.3, -0.25) is 4.79 Å². The minimum Gasteiger partial charge on any atom is -0.493 e. The Labute approximate surface area is 159 Å². The molecule has 1 aromatic carbocycles. The summed E-state index contributed by atoms with van der Waals surface area (Å²) < 4.78 is 18.1. The van der Waals surface area contributed by atoms with Crippen LogP contribution in [0.3, 0.4) is 0 Å².